The lowest BCUT2D eigenvalue weighted by molar-refractivity contribution is -0.143. The van der Waals surface area contributed by atoms with Crippen molar-refractivity contribution in [1.82, 2.24) is 14.8 Å². The third-order valence-corrected chi connectivity index (χ3v) is 6.48. The summed E-state index contributed by atoms with van der Waals surface area (Å²) >= 11 is 0.923. The number of nitrogens with one attached hydrogen (secondary N) is 1. The van der Waals surface area contributed by atoms with Gasteiger partial charge >= 0.3 is 12.4 Å². The molecule has 0 unspecified atom stereocenters. The van der Waals surface area contributed by atoms with Gasteiger partial charge in [-0.05, 0) is 56.3 Å². The molecule has 1 aromatic heterocycles. The first-order valence-corrected chi connectivity index (χ1v) is 12.8. The van der Waals surface area contributed by atoms with Crippen LogP contribution in [0.4, 0.5) is 32.0 Å². The molecule has 0 saturated heterocycles. The molecule has 0 fully saturated rings. The Labute approximate surface area is 229 Å². The number of anilines is 1. The third kappa shape index (κ3) is 6.95. The summed E-state index contributed by atoms with van der Waals surface area (Å²) in [5.41, 5.74) is -1.25. The summed E-state index contributed by atoms with van der Waals surface area (Å²) in [5, 5.41) is 10.9. The van der Waals surface area contributed by atoms with Gasteiger partial charge in [-0.25, -0.2) is 0 Å². The summed E-state index contributed by atoms with van der Waals surface area (Å²) in [6, 6.07) is 15.5. The number of aromatic nitrogens is 3. The second kappa shape index (κ2) is 11.6. The van der Waals surface area contributed by atoms with Gasteiger partial charge < -0.3 is 10.1 Å². The molecule has 3 aromatic carbocycles. The average molecular weight is 581 g/mol. The Morgan fingerprint density at radius 2 is 1.50 bits per heavy atom. The SMILES string of the molecule is CCOc1ccc(-n2c(SCC(=O)Nc3cc(C(F)(F)F)cc(C(F)(F)F)c3)nnc2-c2ccc(C)cc2)cc1. The highest BCUT2D eigenvalue weighted by molar-refractivity contribution is 7.99. The number of benzene rings is 3. The van der Waals surface area contributed by atoms with E-state index in [-0.39, 0.29) is 17.0 Å². The van der Waals surface area contributed by atoms with Crippen LogP contribution in [0.1, 0.15) is 23.6 Å². The molecule has 13 heteroatoms. The molecule has 4 aromatic rings. The molecule has 1 N–H and O–H groups in total. The number of nitrogens with zero attached hydrogens (tertiary/aromatic N) is 3. The largest absolute Gasteiger partial charge is 0.494 e. The molecular formula is C27H22F6N4O2S. The van der Waals surface area contributed by atoms with Gasteiger partial charge in [0.15, 0.2) is 11.0 Å². The molecule has 40 heavy (non-hydrogen) atoms. The van der Waals surface area contributed by atoms with E-state index in [1.165, 1.54) is 0 Å². The number of carbonyl (C=O) groups is 1. The topological polar surface area (TPSA) is 69.0 Å². The predicted molar refractivity (Wildman–Crippen MR) is 139 cm³/mol. The van der Waals surface area contributed by atoms with E-state index in [2.05, 4.69) is 15.5 Å². The van der Waals surface area contributed by atoms with Gasteiger partial charge in [-0.1, -0.05) is 41.6 Å². The number of rotatable bonds is 8. The van der Waals surface area contributed by atoms with Crippen LogP contribution in [-0.4, -0.2) is 33.0 Å². The minimum Gasteiger partial charge on any atom is -0.494 e. The maximum atomic E-state index is 13.2. The number of amides is 1. The molecule has 0 aliphatic rings. The first-order chi connectivity index (χ1) is 18.8. The van der Waals surface area contributed by atoms with Gasteiger partial charge in [0.25, 0.3) is 0 Å². The second-order valence-electron chi connectivity index (χ2n) is 8.57. The van der Waals surface area contributed by atoms with Crippen molar-refractivity contribution in [1.29, 1.82) is 0 Å². The molecule has 0 radical (unpaired) electrons. The lowest BCUT2D eigenvalue weighted by Gasteiger charge is -2.15. The minimum absolute atomic E-state index is 0.00366. The van der Waals surface area contributed by atoms with E-state index in [9.17, 15) is 31.1 Å². The van der Waals surface area contributed by atoms with Crippen LogP contribution in [0.2, 0.25) is 0 Å². The number of carbonyl (C=O) groups excluding carboxylic acids is 1. The fourth-order valence-electron chi connectivity index (χ4n) is 3.70. The van der Waals surface area contributed by atoms with Crippen molar-refractivity contribution in [3.8, 4) is 22.8 Å². The quantitative estimate of drug-likeness (QED) is 0.174. The Bertz CT molecular complexity index is 1450. The molecule has 1 amide bonds. The normalized spacial score (nSPS) is 11.9. The van der Waals surface area contributed by atoms with Crippen molar-refractivity contribution in [2.24, 2.45) is 0 Å². The molecule has 1 heterocycles. The van der Waals surface area contributed by atoms with E-state index >= 15 is 0 Å². The maximum absolute atomic E-state index is 13.2. The Morgan fingerprint density at radius 3 is 2.05 bits per heavy atom. The number of alkyl halides is 6. The third-order valence-electron chi connectivity index (χ3n) is 5.55. The standard InChI is InChI=1S/C27H22F6N4O2S/c1-3-39-22-10-8-21(9-11-22)37-24(17-6-4-16(2)5-7-17)35-36-25(37)40-15-23(38)34-20-13-18(26(28,29)30)12-19(14-20)27(31,32)33/h4-14H,3,15H2,1-2H3,(H,34,38). The highest BCUT2D eigenvalue weighted by Gasteiger charge is 2.37. The molecule has 0 aliphatic carbocycles. The van der Waals surface area contributed by atoms with E-state index in [0.717, 1.165) is 22.9 Å². The molecule has 0 bridgehead atoms. The molecule has 4 rings (SSSR count). The lowest BCUT2D eigenvalue weighted by atomic mass is 10.1. The van der Waals surface area contributed by atoms with Crippen LogP contribution in [-0.2, 0) is 17.1 Å². The van der Waals surface area contributed by atoms with Crippen LogP contribution >= 0.6 is 11.8 Å². The van der Waals surface area contributed by atoms with Crippen molar-refractivity contribution in [3.05, 3.63) is 83.4 Å². The first-order valence-electron chi connectivity index (χ1n) is 11.8. The fraction of sp³-hybridized carbons (Fsp3) is 0.222. The monoisotopic (exact) mass is 580 g/mol. The van der Waals surface area contributed by atoms with Gasteiger partial charge in [-0.15, -0.1) is 10.2 Å². The first kappa shape index (κ1) is 29.0. The van der Waals surface area contributed by atoms with E-state index in [4.69, 9.17) is 4.74 Å². The molecular weight excluding hydrogens is 558 g/mol. The zero-order valence-corrected chi connectivity index (χ0v) is 21.9. The Hall–Kier alpha value is -4.00. The molecule has 0 saturated carbocycles. The summed E-state index contributed by atoms with van der Waals surface area (Å²) in [5.74, 6) is -0.0693. The van der Waals surface area contributed by atoms with Crippen LogP contribution in [0.15, 0.2) is 71.9 Å². The van der Waals surface area contributed by atoms with Gasteiger partial charge in [0, 0.05) is 16.9 Å². The highest BCUT2D eigenvalue weighted by Crippen LogP contribution is 2.37. The van der Waals surface area contributed by atoms with E-state index in [1.807, 2.05) is 38.1 Å². The summed E-state index contributed by atoms with van der Waals surface area (Å²) in [4.78, 5) is 12.6. The average Bonchev–Trinajstić information content (AvgIpc) is 3.31. The summed E-state index contributed by atoms with van der Waals surface area (Å²) < 4.78 is 86.2. The number of aryl methyl sites for hydroxylation is 1. The van der Waals surface area contributed by atoms with E-state index in [0.29, 0.717) is 36.0 Å². The number of ether oxygens (including phenoxy) is 1. The number of thioether (sulfide) groups is 1. The summed E-state index contributed by atoms with van der Waals surface area (Å²) in [6.07, 6.45) is -10.1. The zero-order chi connectivity index (χ0) is 29.1. The van der Waals surface area contributed by atoms with Crippen molar-refractivity contribution in [2.45, 2.75) is 31.4 Å². The number of hydrogen-bond donors (Lipinski definition) is 1. The van der Waals surface area contributed by atoms with Gasteiger partial charge in [-0.2, -0.15) is 26.3 Å². The van der Waals surface area contributed by atoms with Gasteiger partial charge in [0.2, 0.25) is 5.91 Å². The second-order valence-corrected chi connectivity index (χ2v) is 9.51. The van der Waals surface area contributed by atoms with Crippen LogP contribution in [0.5, 0.6) is 5.75 Å². The Balaban J connectivity index is 1.60. The van der Waals surface area contributed by atoms with Gasteiger partial charge in [0.05, 0.1) is 23.5 Å². The minimum atomic E-state index is -5.03. The summed E-state index contributed by atoms with van der Waals surface area (Å²) in [6.45, 7) is 4.27. The number of halogens is 6. The molecule has 6 nitrogen and oxygen atoms in total. The number of hydrogen-bond acceptors (Lipinski definition) is 5. The van der Waals surface area contributed by atoms with Crippen molar-refractivity contribution < 1.29 is 35.9 Å². The Morgan fingerprint density at radius 1 is 0.900 bits per heavy atom. The highest BCUT2D eigenvalue weighted by atomic mass is 32.2. The molecule has 210 valence electrons. The Kier molecular flexibility index (Phi) is 8.43. The summed E-state index contributed by atoms with van der Waals surface area (Å²) in [7, 11) is 0. The molecule has 0 aliphatic heterocycles. The van der Waals surface area contributed by atoms with Gasteiger partial charge in [-0.3, -0.25) is 9.36 Å². The van der Waals surface area contributed by atoms with Gasteiger partial charge in [0.1, 0.15) is 5.75 Å². The molecule has 0 atom stereocenters. The maximum Gasteiger partial charge on any atom is 0.416 e. The lowest BCUT2D eigenvalue weighted by Crippen LogP contribution is -2.17. The predicted octanol–water partition coefficient (Wildman–Crippen LogP) is 7.41. The van der Waals surface area contributed by atoms with Crippen molar-refractivity contribution in [2.75, 3.05) is 17.7 Å². The van der Waals surface area contributed by atoms with Crippen LogP contribution in [0.25, 0.3) is 17.1 Å². The van der Waals surface area contributed by atoms with Crippen molar-refractivity contribution in [3.63, 3.8) is 0 Å². The van der Waals surface area contributed by atoms with Crippen LogP contribution < -0.4 is 10.1 Å². The molecule has 0 spiro atoms. The van der Waals surface area contributed by atoms with Crippen molar-refractivity contribution >= 4 is 23.4 Å². The van der Waals surface area contributed by atoms with E-state index in [1.54, 1.807) is 28.8 Å². The van der Waals surface area contributed by atoms with Crippen LogP contribution in [0.3, 0.4) is 0 Å². The smallest absolute Gasteiger partial charge is 0.416 e. The zero-order valence-electron chi connectivity index (χ0n) is 21.1. The van der Waals surface area contributed by atoms with E-state index < -0.39 is 35.1 Å². The fourth-order valence-corrected chi connectivity index (χ4v) is 4.45. The van der Waals surface area contributed by atoms with Crippen LogP contribution in [0, 0.1) is 6.92 Å².